The van der Waals surface area contributed by atoms with E-state index in [4.69, 9.17) is 16.3 Å². The standard InChI is InChI=1S/C26H36ClN3O5S/c1-5-17-28-26(32)20(3)29(19-21-12-7-8-13-22(21)27)25(31)16-11-18-30(36(4,33)34)23-14-9-10-15-24(23)35-6-2/h7-10,12-15,20H,5-6,11,16-19H2,1-4H3,(H,28,32)/t20-/m0/s1. The third kappa shape index (κ3) is 8.41. The molecule has 8 nitrogen and oxygen atoms in total. The predicted octanol–water partition coefficient (Wildman–Crippen LogP) is 4.23. The number of nitrogens with one attached hydrogen (secondary N) is 1. The van der Waals surface area contributed by atoms with Crippen molar-refractivity contribution in [3.8, 4) is 5.75 Å². The van der Waals surface area contributed by atoms with Crippen molar-refractivity contribution in [1.29, 1.82) is 0 Å². The van der Waals surface area contributed by atoms with Crippen molar-refractivity contribution >= 4 is 39.1 Å². The van der Waals surface area contributed by atoms with Crippen LogP contribution in [0.15, 0.2) is 48.5 Å². The van der Waals surface area contributed by atoms with E-state index in [1.165, 1.54) is 9.21 Å². The molecule has 2 amide bonds. The fourth-order valence-electron chi connectivity index (χ4n) is 3.71. The monoisotopic (exact) mass is 537 g/mol. The molecule has 0 saturated carbocycles. The van der Waals surface area contributed by atoms with Crippen LogP contribution in [0.2, 0.25) is 5.02 Å². The second-order valence-electron chi connectivity index (χ2n) is 8.42. The Labute approximate surface area is 219 Å². The molecule has 198 valence electrons. The van der Waals surface area contributed by atoms with Crippen molar-refractivity contribution in [3.63, 3.8) is 0 Å². The Kier molecular flexibility index (Phi) is 11.5. The number of amides is 2. The Hall–Kier alpha value is -2.78. The molecule has 1 atom stereocenters. The summed E-state index contributed by atoms with van der Waals surface area (Å²) in [6, 6.07) is 13.4. The molecule has 0 bridgehead atoms. The molecule has 0 fully saturated rings. The molecule has 0 aromatic heterocycles. The van der Waals surface area contributed by atoms with Gasteiger partial charge in [-0.05, 0) is 50.5 Å². The lowest BCUT2D eigenvalue weighted by molar-refractivity contribution is -0.140. The first kappa shape index (κ1) is 29.5. The Morgan fingerprint density at radius 2 is 1.75 bits per heavy atom. The minimum atomic E-state index is -3.62. The third-order valence-electron chi connectivity index (χ3n) is 5.60. The maximum atomic E-state index is 13.3. The average Bonchev–Trinajstić information content (AvgIpc) is 2.84. The van der Waals surface area contributed by atoms with Crippen LogP contribution in [0.3, 0.4) is 0 Å². The number of nitrogens with zero attached hydrogens (tertiary/aromatic N) is 2. The highest BCUT2D eigenvalue weighted by atomic mass is 35.5. The van der Waals surface area contributed by atoms with Gasteiger partial charge in [0.1, 0.15) is 11.8 Å². The minimum absolute atomic E-state index is 0.0542. The zero-order valence-corrected chi connectivity index (χ0v) is 22.9. The number of hydrogen-bond acceptors (Lipinski definition) is 5. The number of para-hydroxylation sites is 2. The topological polar surface area (TPSA) is 96.0 Å². The Balaban J connectivity index is 2.20. The van der Waals surface area contributed by atoms with Crippen LogP contribution in [0, 0.1) is 0 Å². The van der Waals surface area contributed by atoms with Gasteiger partial charge in [0, 0.05) is 31.1 Å². The molecule has 0 aliphatic carbocycles. The van der Waals surface area contributed by atoms with Gasteiger partial charge in [-0.25, -0.2) is 8.42 Å². The zero-order chi connectivity index (χ0) is 26.7. The van der Waals surface area contributed by atoms with Crippen molar-refractivity contribution in [1.82, 2.24) is 10.2 Å². The van der Waals surface area contributed by atoms with Crippen LogP contribution in [0.4, 0.5) is 5.69 Å². The Morgan fingerprint density at radius 3 is 2.39 bits per heavy atom. The van der Waals surface area contributed by atoms with Crippen LogP contribution < -0.4 is 14.4 Å². The van der Waals surface area contributed by atoms with Crippen LogP contribution >= 0.6 is 11.6 Å². The Bertz CT molecular complexity index is 1130. The molecule has 0 spiro atoms. The average molecular weight is 538 g/mol. The van der Waals surface area contributed by atoms with Crippen LogP contribution in [0.5, 0.6) is 5.75 Å². The van der Waals surface area contributed by atoms with Crippen molar-refractivity contribution in [3.05, 3.63) is 59.1 Å². The molecule has 0 unspecified atom stereocenters. The van der Waals surface area contributed by atoms with Crippen LogP contribution in [0.1, 0.15) is 45.6 Å². The summed E-state index contributed by atoms with van der Waals surface area (Å²) >= 11 is 6.32. The number of rotatable bonds is 14. The smallest absolute Gasteiger partial charge is 0.242 e. The van der Waals surface area contributed by atoms with Gasteiger partial charge in [0.2, 0.25) is 21.8 Å². The molecule has 0 aliphatic rings. The van der Waals surface area contributed by atoms with E-state index < -0.39 is 16.1 Å². The fourth-order valence-corrected chi connectivity index (χ4v) is 4.88. The summed E-state index contributed by atoms with van der Waals surface area (Å²) < 4.78 is 32.0. The minimum Gasteiger partial charge on any atom is -0.492 e. The van der Waals surface area contributed by atoms with Gasteiger partial charge in [-0.15, -0.1) is 0 Å². The van der Waals surface area contributed by atoms with Gasteiger partial charge in [0.05, 0.1) is 18.6 Å². The van der Waals surface area contributed by atoms with Crippen molar-refractivity contribution in [2.75, 3.05) is 30.3 Å². The maximum Gasteiger partial charge on any atom is 0.242 e. The summed E-state index contributed by atoms with van der Waals surface area (Å²) in [5.74, 6) is -0.0559. The highest BCUT2D eigenvalue weighted by molar-refractivity contribution is 7.92. The predicted molar refractivity (Wildman–Crippen MR) is 144 cm³/mol. The quantitative estimate of drug-likeness (QED) is 0.389. The number of anilines is 1. The van der Waals surface area contributed by atoms with E-state index in [0.717, 1.165) is 18.2 Å². The first-order valence-corrected chi connectivity index (χ1v) is 14.3. The number of carbonyl (C=O) groups excluding carboxylic acids is 2. The second-order valence-corrected chi connectivity index (χ2v) is 10.7. The van der Waals surface area contributed by atoms with E-state index in [9.17, 15) is 18.0 Å². The number of ether oxygens (including phenoxy) is 1. The van der Waals surface area contributed by atoms with Crippen molar-refractivity contribution < 1.29 is 22.7 Å². The molecule has 0 radical (unpaired) electrons. The molecule has 1 N–H and O–H groups in total. The molecular weight excluding hydrogens is 502 g/mol. The SMILES string of the molecule is CCCNC(=O)[C@H](C)N(Cc1ccccc1Cl)C(=O)CCCN(c1ccccc1OCC)S(C)(=O)=O. The van der Waals surface area contributed by atoms with Crippen molar-refractivity contribution in [2.45, 2.75) is 52.6 Å². The summed E-state index contributed by atoms with van der Waals surface area (Å²) in [6.45, 7) is 6.62. The van der Waals surface area contributed by atoms with Crippen molar-refractivity contribution in [2.24, 2.45) is 0 Å². The van der Waals surface area contributed by atoms with Gasteiger partial charge in [0.15, 0.2) is 0 Å². The maximum absolute atomic E-state index is 13.3. The number of benzene rings is 2. The van der Waals surface area contributed by atoms with Gasteiger partial charge in [-0.2, -0.15) is 0 Å². The lowest BCUT2D eigenvalue weighted by atomic mass is 10.1. The highest BCUT2D eigenvalue weighted by Gasteiger charge is 2.27. The van der Waals surface area contributed by atoms with Gasteiger partial charge in [0.25, 0.3) is 0 Å². The normalized spacial score (nSPS) is 12.0. The van der Waals surface area contributed by atoms with Crippen LogP contribution in [-0.2, 0) is 26.2 Å². The van der Waals surface area contributed by atoms with Gasteiger partial charge >= 0.3 is 0 Å². The molecule has 0 aliphatic heterocycles. The van der Waals surface area contributed by atoms with Crippen LogP contribution in [0.25, 0.3) is 0 Å². The summed E-state index contributed by atoms with van der Waals surface area (Å²) in [6.07, 6.45) is 2.22. The molecule has 0 saturated heterocycles. The summed E-state index contributed by atoms with van der Waals surface area (Å²) in [5.41, 5.74) is 1.15. The lowest BCUT2D eigenvalue weighted by Crippen LogP contribution is -2.48. The number of hydrogen-bond donors (Lipinski definition) is 1. The van der Waals surface area contributed by atoms with E-state index in [0.29, 0.717) is 29.6 Å². The molecule has 2 rings (SSSR count). The Morgan fingerprint density at radius 1 is 1.08 bits per heavy atom. The largest absolute Gasteiger partial charge is 0.492 e. The number of carbonyl (C=O) groups is 2. The highest BCUT2D eigenvalue weighted by Crippen LogP contribution is 2.30. The van der Waals surface area contributed by atoms with E-state index in [1.807, 2.05) is 26.0 Å². The zero-order valence-electron chi connectivity index (χ0n) is 21.4. The molecule has 0 heterocycles. The summed E-state index contributed by atoms with van der Waals surface area (Å²) in [5, 5.41) is 3.34. The molecule has 2 aromatic carbocycles. The van der Waals surface area contributed by atoms with E-state index in [1.54, 1.807) is 43.3 Å². The number of halogens is 1. The summed E-state index contributed by atoms with van der Waals surface area (Å²) in [7, 11) is -3.62. The lowest BCUT2D eigenvalue weighted by Gasteiger charge is -2.30. The van der Waals surface area contributed by atoms with Gasteiger partial charge in [-0.1, -0.05) is 48.9 Å². The van der Waals surface area contributed by atoms with Crippen LogP contribution in [-0.4, -0.2) is 57.1 Å². The van der Waals surface area contributed by atoms with E-state index >= 15 is 0 Å². The molecule has 10 heteroatoms. The molecule has 2 aromatic rings. The van der Waals surface area contributed by atoms with E-state index in [2.05, 4.69) is 5.32 Å². The second kappa shape index (κ2) is 14.1. The first-order valence-electron chi connectivity index (χ1n) is 12.1. The first-order chi connectivity index (χ1) is 17.1. The van der Waals surface area contributed by atoms with Gasteiger partial charge < -0.3 is 15.0 Å². The van der Waals surface area contributed by atoms with Gasteiger partial charge in [-0.3, -0.25) is 13.9 Å². The summed E-state index contributed by atoms with van der Waals surface area (Å²) in [4.78, 5) is 27.5. The number of sulfonamides is 1. The molecular formula is C26H36ClN3O5S. The molecule has 36 heavy (non-hydrogen) atoms. The van der Waals surface area contributed by atoms with E-state index in [-0.39, 0.29) is 37.7 Å². The fraction of sp³-hybridized carbons (Fsp3) is 0.462. The third-order valence-corrected chi connectivity index (χ3v) is 7.15.